The third kappa shape index (κ3) is 5.11. The van der Waals surface area contributed by atoms with Crippen LogP contribution in [-0.2, 0) is 6.54 Å². The number of nitrogens with one attached hydrogen (secondary N) is 2. The first-order chi connectivity index (χ1) is 15.1. The lowest BCUT2D eigenvalue weighted by atomic mass is 10.0. The molecule has 2 aromatic rings. The lowest BCUT2D eigenvalue weighted by molar-refractivity contribution is 0.0653. The monoisotopic (exact) mass is 420 g/mol. The molecule has 2 aromatic carbocycles. The summed E-state index contributed by atoms with van der Waals surface area (Å²) in [5.74, 6) is -0.514. The molecule has 0 aromatic heterocycles. The number of fused-ring (bicyclic) bond motifs is 1. The van der Waals surface area contributed by atoms with Crippen LogP contribution in [0.4, 0.5) is 4.79 Å². The van der Waals surface area contributed by atoms with Crippen molar-refractivity contribution in [2.24, 2.45) is 0 Å². The molecule has 2 heterocycles. The van der Waals surface area contributed by atoms with Crippen molar-refractivity contribution in [3.05, 3.63) is 71.3 Å². The van der Waals surface area contributed by atoms with Crippen LogP contribution in [0, 0.1) is 0 Å². The lowest BCUT2D eigenvalue weighted by Crippen LogP contribution is -2.48. The van der Waals surface area contributed by atoms with Gasteiger partial charge in [0.05, 0.1) is 11.1 Å². The van der Waals surface area contributed by atoms with E-state index >= 15 is 0 Å². The van der Waals surface area contributed by atoms with Crippen LogP contribution in [0.3, 0.4) is 0 Å². The van der Waals surface area contributed by atoms with Gasteiger partial charge in [-0.1, -0.05) is 42.5 Å². The summed E-state index contributed by atoms with van der Waals surface area (Å²) in [7, 11) is 0. The minimum Gasteiger partial charge on any atom is -0.338 e. The molecule has 0 aliphatic carbocycles. The summed E-state index contributed by atoms with van der Waals surface area (Å²) < 4.78 is 0. The first-order valence-electron chi connectivity index (χ1n) is 10.9. The molecule has 2 aliphatic heterocycles. The summed E-state index contributed by atoms with van der Waals surface area (Å²) in [5.41, 5.74) is 2.22. The molecule has 0 bridgehead atoms. The fraction of sp³-hybridized carbons (Fsp3) is 0.375. The predicted octanol–water partition coefficient (Wildman–Crippen LogP) is 2.64. The Morgan fingerprint density at radius 3 is 2.16 bits per heavy atom. The van der Waals surface area contributed by atoms with Gasteiger partial charge >= 0.3 is 6.03 Å². The van der Waals surface area contributed by atoms with Gasteiger partial charge in [0.15, 0.2) is 0 Å². The summed E-state index contributed by atoms with van der Waals surface area (Å²) in [6.45, 7) is 3.56. The van der Waals surface area contributed by atoms with Gasteiger partial charge in [0.25, 0.3) is 11.8 Å². The Morgan fingerprint density at radius 2 is 1.52 bits per heavy atom. The lowest BCUT2D eigenvalue weighted by Gasteiger charge is -2.32. The number of carbonyl (C=O) groups is 3. The highest BCUT2D eigenvalue weighted by Gasteiger charge is 2.34. The smallest absolute Gasteiger partial charge is 0.315 e. The molecule has 2 N–H and O–H groups in total. The SMILES string of the molecule is O=C(NCCCN1C(=O)c2ccccc2C1=O)NC1CCN(Cc2ccccc2)CC1. The largest absolute Gasteiger partial charge is 0.338 e. The van der Waals surface area contributed by atoms with Gasteiger partial charge in [-0.05, 0) is 37.0 Å². The number of carbonyl (C=O) groups excluding carboxylic acids is 3. The first-order valence-corrected chi connectivity index (χ1v) is 10.9. The fourth-order valence-electron chi connectivity index (χ4n) is 4.19. The van der Waals surface area contributed by atoms with E-state index in [0.29, 0.717) is 30.6 Å². The van der Waals surface area contributed by atoms with E-state index in [1.54, 1.807) is 24.3 Å². The van der Waals surface area contributed by atoms with Gasteiger partial charge in [0, 0.05) is 38.8 Å². The van der Waals surface area contributed by atoms with Crippen LogP contribution < -0.4 is 10.6 Å². The highest BCUT2D eigenvalue weighted by Crippen LogP contribution is 2.22. The number of imide groups is 1. The maximum Gasteiger partial charge on any atom is 0.315 e. The van der Waals surface area contributed by atoms with E-state index in [1.165, 1.54) is 10.5 Å². The zero-order chi connectivity index (χ0) is 21.6. The molecule has 2 aliphatic rings. The number of likely N-dealkylation sites (tertiary alicyclic amines) is 1. The molecule has 4 rings (SSSR count). The van der Waals surface area contributed by atoms with Crippen molar-refractivity contribution in [3.8, 4) is 0 Å². The highest BCUT2D eigenvalue weighted by atomic mass is 16.2. The molecule has 7 heteroatoms. The van der Waals surface area contributed by atoms with Crippen LogP contribution in [0.25, 0.3) is 0 Å². The maximum atomic E-state index is 12.3. The van der Waals surface area contributed by atoms with Crippen molar-refractivity contribution in [1.29, 1.82) is 0 Å². The molecule has 1 fully saturated rings. The number of urea groups is 1. The standard InChI is InChI=1S/C24H28N4O3/c29-22-20-9-4-5-10-21(20)23(30)28(22)14-6-13-25-24(31)26-19-11-15-27(16-12-19)17-18-7-2-1-3-8-18/h1-5,7-10,19H,6,11-17H2,(H2,25,26,31). The Hall–Kier alpha value is -3.19. The molecule has 0 spiro atoms. The summed E-state index contributed by atoms with van der Waals surface area (Å²) in [6, 6.07) is 17.3. The van der Waals surface area contributed by atoms with Gasteiger partial charge in [0.1, 0.15) is 0 Å². The first kappa shape index (κ1) is 21.1. The van der Waals surface area contributed by atoms with Crippen molar-refractivity contribution < 1.29 is 14.4 Å². The number of nitrogens with zero attached hydrogens (tertiary/aromatic N) is 2. The van der Waals surface area contributed by atoms with Gasteiger partial charge in [0.2, 0.25) is 0 Å². The zero-order valence-corrected chi connectivity index (χ0v) is 17.5. The van der Waals surface area contributed by atoms with Crippen molar-refractivity contribution in [2.75, 3.05) is 26.2 Å². The topological polar surface area (TPSA) is 81.8 Å². The second-order valence-corrected chi connectivity index (χ2v) is 8.10. The molecule has 0 unspecified atom stereocenters. The summed E-state index contributed by atoms with van der Waals surface area (Å²) in [5, 5.41) is 5.88. The van der Waals surface area contributed by atoms with Crippen LogP contribution in [0.5, 0.6) is 0 Å². The predicted molar refractivity (Wildman–Crippen MR) is 118 cm³/mol. The van der Waals surface area contributed by atoms with Crippen LogP contribution in [0.2, 0.25) is 0 Å². The van der Waals surface area contributed by atoms with E-state index in [2.05, 4.69) is 39.8 Å². The number of rotatable bonds is 7. The molecule has 0 radical (unpaired) electrons. The summed E-state index contributed by atoms with van der Waals surface area (Å²) in [4.78, 5) is 40.6. The Balaban J connectivity index is 1.13. The van der Waals surface area contributed by atoms with Crippen molar-refractivity contribution in [1.82, 2.24) is 20.4 Å². The third-order valence-corrected chi connectivity index (χ3v) is 5.89. The Labute approximate surface area is 182 Å². The summed E-state index contributed by atoms with van der Waals surface area (Å²) >= 11 is 0. The third-order valence-electron chi connectivity index (χ3n) is 5.89. The van der Waals surface area contributed by atoms with Gasteiger partial charge in [-0.15, -0.1) is 0 Å². The van der Waals surface area contributed by atoms with Crippen molar-refractivity contribution in [2.45, 2.75) is 31.8 Å². The minimum absolute atomic E-state index is 0.170. The van der Waals surface area contributed by atoms with Crippen molar-refractivity contribution in [3.63, 3.8) is 0 Å². The number of amides is 4. The molecule has 1 saturated heterocycles. The Bertz CT molecular complexity index is 904. The fourth-order valence-corrected chi connectivity index (χ4v) is 4.19. The molecule has 7 nitrogen and oxygen atoms in total. The molecule has 0 saturated carbocycles. The van der Waals surface area contributed by atoms with Crippen LogP contribution in [0.1, 0.15) is 45.5 Å². The molecular formula is C24H28N4O3. The minimum atomic E-state index is -0.257. The number of hydrogen-bond acceptors (Lipinski definition) is 4. The average molecular weight is 421 g/mol. The maximum absolute atomic E-state index is 12.3. The summed E-state index contributed by atoms with van der Waals surface area (Å²) in [6.07, 6.45) is 2.37. The average Bonchev–Trinajstić information content (AvgIpc) is 3.03. The second kappa shape index (κ2) is 9.75. The van der Waals surface area contributed by atoms with E-state index in [1.807, 2.05) is 6.07 Å². The molecule has 4 amide bonds. The number of piperidine rings is 1. The number of hydrogen-bond donors (Lipinski definition) is 2. The molecule has 162 valence electrons. The van der Waals surface area contributed by atoms with Crippen LogP contribution in [0.15, 0.2) is 54.6 Å². The van der Waals surface area contributed by atoms with Gasteiger partial charge in [-0.3, -0.25) is 19.4 Å². The molecule has 31 heavy (non-hydrogen) atoms. The molecular weight excluding hydrogens is 392 g/mol. The van der Waals surface area contributed by atoms with Crippen LogP contribution in [-0.4, -0.2) is 59.9 Å². The zero-order valence-electron chi connectivity index (χ0n) is 17.5. The van der Waals surface area contributed by atoms with E-state index in [0.717, 1.165) is 32.5 Å². The van der Waals surface area contributed by atoms with Gasteiger partial charge in [-0.25, -0.2) is 4.79 Å². The number of benzene rings is 2. The second-order valence-electron chi connectivity index (χ2n) is 8.10. The van der Waals surface area contributed by atoms with E-state index in [4.69, 9.17) is 0 Å². The van der Waals surface area contributed by atoms with E-state index < -0.39 is 0 Å². The quantitative estimate of drug-likeness (QED) is 0.533. The van der Waals surface area contributed by atoms with Gasteiger partial charge < -0.3 is 10.6 Å². The van der Waals surface area contributed by atoms with E-state index in [-0.39, 0.29) is 23.9 Å². The van der Waals surface area contributed by atoms with E-state index in [9.17, 15) is 14.4 Å². The van der Waals surface area contributed by atoms with Gasteiger partial charge in [-0.2, -0.15) is 0 Å². The molecule has 0 atom stereocenters. The Kier molecular flexibility index (Phi) is 6.62. The Morgan fingerprint density at radius 1 is 0.903 bits per heavy atom. The normalized spacial score (nSPS) is 17.0. The highest BCUT2D eigenvalue weighted by molar-refractivity contribution is 6.21. The van der Waals surface area contributed by atoms with Crippen molar-refractivity contribution >= 4 is 17.8 Å². The van der Waals surface area contributed by atoms with Crippen LogP contribution >= 0.6 is 0 Å².